The lowest BCUT2D eigenvalue weighted by Gasteiger charge is -2.23. The van der Waals surface area contributed by atoms with Gasteiger partial charge in [0.2, 0.25) is 0 Å². The molecule has 0 unspecified atom stereocenters. The molecule has 0 bridgehead atoms. The molecule has 0 aliphatic carbocycles. The maximum absolute atomic E-state index is 5.78. The second-order valence-electron chi connectivity index (χ2n) is 6.40. The number of hydrogen-bond acceptors (Lipinski definition) is 9. The minimum Gasteiger partial charge on any atom is -0.381 e. The molecule has 0 spiro atoms. The van der Waals surface area contributed by atoms with Crippen LogP contribution in [0.4, 0.5) is 17.3 Å². The van der Waals surface area contributed by atoms with Crippen molar-refractivity contribution < 1.29 is 0 Å². The fourth-order valence-corrected chi connectivity index (χ4v) is 3.71. The molecule has 1 aliphatic heterocycles. The number of hydrogen-bond donors (Lipinski definition) is 2. The summed E-state index contributed by atoms with van der Waals surface area (Å²) in [7, 11) is 1.75. The number of nitrogen functional groups attached to an aromatic ring is 1. The molecule has 0 radical (unpaired) electrons. The third kappa shape index (κ3) is 2.84. The third-order valence-electron chi connectivity index (χ3n) is 4.43. The first kappa shape index (κ1) is 16.6. The number of pyridine rings is 1. The van der Waals surface area contributed by atoms with Gasteiger partial charge < -0.3 is 16.0 Å². The van der Waals surface area contributed by atoms with Crippen LogP contribution in [0, 0.1) is 0 Å². The second kappa shape index (κ2) is 6.49. The van der Waals surface area contributed by atoms with E-state index in [1.54, 1.807) is 13.2 Å². The maximum atomic E-state index is 5.78. The summed E-state index contributed by atoms with van der Waals surface area (Å²) in [6.07, 6.45) is 4.56. The van der Waals surface area contributed by atoms with Gasteiger partial charge in [-0.3, -0.25) is 4.98 Å². The molecule has 4 heterocycles. The van der Waals surface area contributed by atoms with E-state index in [-0.39, 0.29) is 0 Å². The van der Waals surface area contributed by atoms with Crippen molar-refractivity contribution in [1.29, 1.82) is 0 Å². The molecule has 0 aromatic carbocycles. The van der Waals surface area contributed by atoms with E-state index >= 15 is 0 Å². The lowest BCUT2D eigenvalue weighted by Crippen LogP contribution is -2.28. The smallest absolute Gasteiger partial charge is 0.192 e. The van der Waals surface area contributed by atoms with Crippen LogP contribution in [0.5, 0.6) is 0 Å². The lowest BCUT2D eigenvalue weighted by atomic mass is 10.2. The number of nitrogens with two attached hydrogens (primary N) is 1. The van der Waals surface area contributed by atoms with Crippen molar-refractivity contribution in [2.45, 2.75) is 26.3 Å². The van der Waals surface area contributed by atoms with Crippen LogP contribution in [-0.2, 0) is 6.42 Å². The van der Waals surface area contributed by atoms with Gasteiger partial charge in [-0.15, -0.1) is 0 Å². The highest BCUT2D eigenvalue weighted by Crippen LogP contribution is 2.32. The first-order valence-electron chi connectivity index (χ1n) is 8.47. The first-order valence-corrected chi connectivity index (χ1v) is 9.24. The number of nitrogens with zero attached hydrogens (tertiary/aromatic N) is 6. The SMILES string of the molecule is CNc1nc(-c2nc(-c3cc4c(cn3)N(C(C)C)CC4)ns2)cnc1N. The van der Waals surface area contributed by atoms with Gasteiger partial charge in [0, 0.05) is 19.6 Å². The fourth-order valence-electron chi connectivity index (χ4n) is 3.09. The Hall–Kier alpha value is -2.81. The van der Waals surface area contributed by atoms with Crippen molar-refractivity contribution in [2.75, 3.05) is 29.5 Å². The summed E-state index contributed by atoms with van der Waals surface area (Å²) in [5.74, 6) is 1.50. The predicted molar refractivity (Wildman–Crippen MR) is 104 cm³/mol. The zero-order chi connectivity index (χ0) is 18.3. The van der Waals surface area contributed by atoms with Crippen LogP contribution < -0.4 is 16.0 Å². The Morgan fingerprint density at radius 3 is 2.81 bits per heavy atom. The van der Waals surface area contributed by atoms with Crippen LogP contribution >= 0.6 is 11.5 Å². The molecular weight excluding hydrogens is 348 g/mol. The van der Waals surface area contributed by atoms with E-state index in [1.807, 2.05) is 6.20 Å². The number of rotatable bonds is 4. The van der Waals surface area contributed by atoms with Crippen molar-refractivity contribution in [2.24, 2.45) is 0 Å². The topological polar surface area (TPSA) is 106 Å². The Labute approximate surface area is 155 Å². The molecule has 8 nitrogen and oxygen atoms in total. The zero-order valence-corrected chi connectivity index (χ0v) is 15.7. The fraction of sp³-hybridized carbons (Fsp3) is 0.353. The molecule has 134 valence electrons. The standard InChI is InChI=1S/C17H20N8S/c1-9(2)25-5-4-10-6-11(20-8-13(10)25)15-23-17(26-24-15)12-7-21-14(18)16(19-3)22-12/h6-9H,4-5H2,1-3H3,(H2,18,21)(H,19,22). The molecule has 3 aromatic rings. The van der Waals surface area contributed by atoms with E-state index in [2.05, 4.69) is 54.4 Å². The summed E-state index contributed by atoms with van der Waals surface area (Å²) >= 11 is 1.28. The quantitative estimate of drug-likeness (QED) is 0.723. The number of nitrogens with one attached hydrogen (secondary N) is 1. The van der Waals surface area contributed by atoms with Crippen LogP contribution in [-0.4, -0.2) is 43.9 Å². The maximum Gasteiger partial charge on any atom is 0.192 e. The molecule has 0 amide bonds. The summed E-state index contributed by atoms with van der Waals surface area (Å²) in [6.45, 7) is 5.43. The van der Waals surface area contributed by atoms with E-state index in [4.69, 9.17) is 5.73 Å². The molecule has 0 atom stereocenters. The summed E-state index contributed by atoms with van der Waals surface area (Å²) < 4.78 is 4.46. The van der Waals surface area contributed by atoms with Crippen LogP contribution in [0.15, 0.2) is 18.5 Å². The van der Waals surface area contributed by atoms with Gasteiger partial charge in [0.1, 0.15) is 11.4 Å². The minimum atomic E-state index is 0.357. The molecule has 4 rings (SSSR count). The molecule has 26 heavy (non-hydrogen) atoms. The Balaban J connectivity index is 1.65. The van der Waals surface area contributed by atoms with Crippen molar-refractivity contribution in [3.05, 3.63) is 24.0 Å². The summed E-state index contributed by atoms with van der Waals surface area (Å²) in [5, 5.41) is 3.62. The van der Waals surface area contributed by atoms with E-state index in [9.17, 15) is 0 Å². The van der Waals surface area contributed by atoms with Crippen molar-refractivity contribution >= 4 is 28.9 Å². The molecule has 0 saturated heterocycles. The molecule has 3 N–H and O–H groups in total. The van der Waals surface area contributed by atoms with Gasteiger partial charge in [0.15, 0.2) is 22.5 Å². The van der Waals surface area contributed by atoms with Gasteiger partial charge in [-0.2, -0.15) is 4.37 Å². The number of anilines is 3. The van der Waals surface area contributed by atoms with Gasteiger partial charge in [-0.05, 0) is 43.4 Å². The highest BCUT2D eigenvalue weighted by Gasteiger charge is 2.23. The Bertz CT molecular complexity index is 952. The van der Waals surface area contributed by atoms with E-state index < -0.39 is 0 Å². The molecule has 3 aromatic heterocycles. The Morgan fingerprint density at radius 2 is 2.04 bits per heavy atom. The van der Waals surface area contributed by atoms with Crippen molar-refractivity contribution in [3.8, 4) is 22.2 Å². The van der Waals surface area contributed by atoms with E-state index in [0.717, 1.165) is 18.7 Å². The summed E-state index contributed by atoms with van der Waals surface area (Å²) in [6, 6.07) is 2.57. The van der Waals surface area contributed by atoms with E-state index in [0.29, 0.717) is 34.2 Å². The largest absolute Gasteiger partial charge is 0.381 e. The van der Waals surface area contributed by atoms with Crippen molar-refractivity contribution in [3.63, 3.8) is 0 Å². The second-order valence-corrected chi connectivity index (χ2v) is 7.15. The average Bonchev–Trinajstić information content (AvgIpc) is 3.28. The molecule has 9 heteroatoms. The van der Waals surface area contributed by atoms with Crippen LogP contribution in [0.3, 0.4) is 0 Å². The first-order chi connectivity index (χ1) is 12.6. The van der Waals surface area contributed by atoms with Gasteiger partial charge in [0.05, 0.1) is 18.1 Å². The lowest BCUT2D eigenvalue weighted by molar-refractivity contribution is 0.709. The highest BCUT2D eigenvalue weighted by molar-refractivity contribution is 7.09. The Kier molecular flexibility index (Phi) is 4.15. The highest BCUT2D eigenvalue weighted by atomic mass is 32.1. The molecular formula is C17H20N8S. The monoisotopic (exact) mass is 368 g/mol. The molecule has 0 fully saturated rings. The Morgan fingerprint density at radius 1 is 1.19 bits per heavy atom. The van der Waals surface area contributed by atoms with Gasteiger partial charge in [-0.25, -0.2) is 15.0 Å². The minimum absolute atomic E-state index is 0.357. The van der Waals surface area contributed by atoms with Gasteiger partial charge >= 0.3 is 0 Å². The van der Waals surface area contributed by atoms with Gasteiger partial charge in [-0.1, -0.05) is 0 Å². The van der Waals surface area contributed by atoms with Crippen LogP contribution in [0.2, 0.25) is 0 Å². The summed E-state index contributed by atoms with van der Waals surface area (Å²) in [4.78, 5) is 20.1. The third-order valence-corrected chi connectivity index (χ3v) is 5.17. The van der Waals surface area contributed by atoms with Crippen molar-refractivity contribution in [1.82, 2.24) is 24.3 Å². The molecule has 1 aliphatic rings. The molecule has 0 saturated carbocycles. The number of fused-ring (bicyclic) bond motifs is 1. The zero-order valence-electron chi connectivity index (χ0n) is 14.9. The average molecular weight is 368 g/mol. The van der Waals surface area contributed by atoms with Crippen LogP contribution in [0.1, 0.15) is 19.4 Å². The van der Waals surface area contributed by atoms with Gasteiger partial charge in [0.25, 0.3) is 0 Å². The van der Waals surface area contributed by atoms with E-state index in [1.165, 1.54) is 22.8 Å². The normalized spacial score (nSPS) is 13.3. The van der Waals surface area contributed by atoms with Crippen LogP contribution in [0.25, 0.3) is 22.2 Å². The summed E-state index contributed by atoms with van der Waals surface area (Å²) in [5.41, 5.74) is 9.71. The number of aromatic nitrogens is 5. The predicted octanol–water partition coefficient (Wildman–Crippen LogP) is 2.45.